The van der Waals surface area contributed by atoms with E-state index in [-0.39, 0.29) is 5.69 Å². The van der Waals surface area contributed by atoms with Gasteiger partial charge in [-0.15, -0.1) is 5.10 Å². The topological polar surface area (TPSA) is 58.5 Å². The first kappa shape index (κ1) is 19.9. The molecule has 3 aromatic rings. The minimum Gasteiger partial charge on any atom is -0.378 e. The quantitative estimate of drug-likeness (QED) is 0.677. The molecule has 0 amide bonds. The summed E-state index contributed by atoms with van der Waals surface area (Å²) in [5, 5.41) is 7.43. The van der Waals surface area contributed by atoms with Gasteiger partial charge in [0.2, 0.25) is 5.95 Å². The standard InChI is InChI=1S/C22H24F2N6O/c1-15-8-18(2-3-21(15)29-6-4-28(5-7-29)20-12-31-13-20)26-22-25-14-30(27-22)19-10-16(23)9-17(24)11-19/h2-3,8-11,14,20H,4-7,12-13H2,1H3,(H,26,27). The summed E-state index contributed by atoms with van der Waals surface area (Å²) < 4.78 is 33.6. The third-order valence-electron chi connectivity index (χ3n) is 5.85. The molecule has 162 valence electrons. The number of hydrogen-bond acceptors (Lipinski definition) is 6. The van der Waals surface area contributed by atoms with Crippen LogP contribution in [0, 0.1) is 18.6 Å². The smallest absolute Gasteiger partial charge is 0.246 e. The monoisotopic (exact) mass is 426 g/mol. The Bertz CT molecular complexity index is 1060. The summed E-state index contributed by atoms with van der Waals surface area (Å²) in [5.41, 5.74) is 3.52. The molecule has 1 N–H and O–H groups in total. The van der Waals surface area contributed by atoms with Crippen LogP contribution in [0.4, 0.5) is 26.1 Å². The Morgan fingerprint density at radius 2 is 1.74 bits per heavy atom. The highest BCUT2D eigenvalue weighted by Gasteiger charge is 2.29. The van der Waals surface area contributed by atoms with Gasteiger partial charge in [-0.05, 0) is 42.8 Å². The van der Waals surface area contributed by atoms with Crippen LogP contribution in [0.25, 0.3) is 5.69 Å². The lowest BCUT2D eigenvalue weighted by molar-refractivity contribution is -0.0660. The van der Waals surface area contributed by atoms with Crippen molar-refractivity contribution in [1.29, 1.82) is 0 Å². The third-order valence-corrected chi connectivity index (χ3v) is 5.85. The Morgan fingerprint density at radius 3 is 2.39 bits per heavy atom. The Morgan fingerprint density at radius 1 is 1.00 bits per heavy atom. The zero-order valence-electron chi connectivity index (χ0n) is 17.3. The molecule has 0 saturated carbocycles. The summed E-state index contributed by atoms with van der Waals surface area (Å²) in [4.78, 5) is 9.13. The number of aromatic nitrogens is 3. The molecule has 2 aromatic carbocycles. The van der Waals surface area contributed by atoms with E-state index in [1.54, 1.807) is 0 Å². The van der Waals surface area contributed by atoms with Crippen molar-refractivity contribution in [2.45, 2.75) is 13.0 Å². The zero-order valence-corrected chi connectivity index (χ0v) is 17.3. The Hall–Kier alpha value is -3.04. The van der Waals surface area contributed by atoms with Gasteiger partial charge in [-0.3, -0.25) is 4.90 Å². The minimum absolute atomic E-state index is 0.275. The van der Waals surface area contributed by atoms with Gasteiger partial charge in [0.25, 0.3) is 0 Å². The molecule has 1 aromatic heterocycles. The van der Waals surface area contributed by atoms with Crippen LogP contribution in [0.15, 0.2) is 42.7 Å². The molecule has 5 rings (SSSR count). The second-order valence-electron chi connectivity index (χ2n) is 7.98. The molecule has 7 nitrogen and oxygen atoms in total. The molecule has 2 fully saturated rings. The first-order valence-electron chi connectivity index (χ1n) is 10.4. The number of benzene rings is 2. The van der Waals surface area contributed by atoms with Crippen LogP contribution in [0.1, 0.15) is 5.56 Å². The van der Waals surface area contributed by atoms with Crippen LogP contribution in [-0.2, 0) is 4.74 Å². The summed E-state index contributed by atoms with van der Waals surface area (Å²) in [6, 6.07) is 9.99. The highest BCUT2D eigenvalue weighted by molar-refractivity contribution is 5.63. The highest BCUT2D eigenvalue weighted by Crippen LogP contribution is 2.27. The van der Waals surface area contributed by atoms with Crippen LogP contribution >= 0.6 is 0 Å². The lowest BCUT2D eigenvalue weighted by Crippen LogP contribution is -2.56. The van der Waals surface area contributed by atoms with Crippen LogP contribution in [0.5, 0.6) is 0 Å². The SMILES string of the molecule is Cc1cc(Nc2ncn(-c3cc(F)cc(F)c3)n2)ccc1N1CCN(C2COC2)CC1. The van der Waals surface area contributed by atoms with Crippen LogP contribution in [0.2, 0.25) is 0 Å². The van der Waals surface area contributed by atoms with Gasteiger partial charge in [-0.1, -0.05) is 0 Å². The fraction of sp³-hybridized carbons (Fsp3) is 0.364. The number of nitrogens with zero attached hydrogens (tertiary/aromatic N) is 5. The molecular weight excluding hydrogens is 402 g/mol. The maximum Gasteiger partial charge on any atom is 0.246 e. The predicted molar refractivity (Wildman–Crippen MR) is 114 cm³/mol. The molecule has 2 aliphatic heterocycles. The van der Waals surface area contributed by atoms with E-state index in [9.17, 15) is 8.78 Å². The fourth-order valence-electron chi connectivity index (χ4n) is 4.10. The van der Waals surface area contributed by atoms with Crippen molar-refractivity contribution < 1.29 is 13.5 Å². The molecule has 0 atom stereocenters. The van der Waals surface area contributed by atoms with E-state index in [4.69, 9.17) is 4.74 Å². The summed E-state index contributed by atoms with van der Waals surface area (Å²) in [6.07, 6.45) is 1.42. The molecule has 0 aliphatic carbocycles. The number of piperazine rings is 1. The Labute approximate surface area is 179 Å². The molecule has 2 saturated heterocycles. The fourth-order valence-corrected chi connectivity index (χ4v) is 4.10. The minimum atomic E-state index is -0.659. The van der Waals surface area contributed by atoms with Gasteiger partial charge in [0.15, 0.2) is 0 Å². The molecule has 0 spiro atoms. The van der Waals surface area contributed by atoms with Crippen molar-refractivity contribution in [2.75, 3.05) is 49.6 Å². The van der Waals surface area contributed by atoms with E-state index < -0.39 is 11.6 Å². The highest BCUT2D eigenvalue weighted by atomic mass is 19.1. The van der Waals surface area contributed by atoms with Gasteiger partial charge < -0.3 is 15.0 Å². The van der Waals surface area contributed by atoms with E-state index in [1.807, 2.05) is 6.07 Å². The average molecular weight is 426 g/mol. The van der Waals surface area contributed by atoms with Crippen molar-refractivity contribution in [3.05, 3.63) is 59.9 Å². The summed E-state index contributed by atoms with van der Waals surface area (Å²) in [7, 11) is 0. The van der Waals surface area contributed by atoms with Crippen LogP contribution in [0.3, 0.4) is 0 Å². The van der Waals surface area contributed by atoms with Gasteiger partial charge in [0.1, 0.15) is 18.0 Å². The molecule has 9 heteroatoms. The van der Waals surface area contributed by atoms with Gasteiger partial charge in [-0.2, -0.15) is 4.98 Å². The zero-order chi connectivity index (χ0) is 21.4. The number of aryl methyl sites for hydroxylation is 1. The number of hydrogen-bond donors (Lipinski definition) is 1. The molecule has 0 unspecified atom stereocenters. The first-order chi connectivity index (χ1) is 15.0. The van der Waals surface area contributed by atoms with E-state index in [0.717, 1.165) is 56.7 Å². The number of nitrogens with one attached hydrogen (secondary N) is 1. The third kappa shape index (κ3) is 4.24. The summed E-state index contributed by atoms with van der Waals surface area (Å²) >= 11 is 0. The van der Waals surface area contributed by atoms with E-state index in [1.165, 1.54) is 28.8 Å². The lowest BCUT2D eigenvalue weighted by atomic mass is 10.1. The number of rotatable bonds is 5. The van der Waals surface area contributed by atoms with E-state index >= 15 is 0 Å². The Balaban J connectivity index is 1.25. The second kappa shape index (κ2) is 8.24. The van der Waals surface area contributed by atoms with E-state index in [2.05, 4.69) is 44.3 Å². The lowest BCUT2D eigenvalue weighted by Gasteiger charge is -2.43. The molecule has 0 bridgehead atoms. The van der Waals surface area contributed by atoms with E-state index in [0.29, 0.717) is 12.0 Å². The molecule has 0 radical (unpaired) electrons. The predicted octanol–water partition coefficient (Wildman–Crippen LogP) is 3.12. The van der Waals surface area contributed by atoms with Crippen molar-refractivity contribution in [2.24, 2.45) is 0 Å². The van der Waals surface area contributed by atoms with Crippen molar-refractivity contribution >= 4 is 17.3 Å². The molecule has 2 aliphatic rings. The first-order valence-corrected chi connectivity index (χ1v) is 10.4. The van der Waals surface area contributed by atoms with Crippen molar-refractivity contribution in [3.8, 4) is 5.69 Å². The number of ether oxygens (including phenoxy) is 1. The van der Waals surface area contributed by atoms with Gasteiger partial charge in [0.05, 0.1) is 24.9 Å². The average Bonchev–Trinajstić information content (AvgIpc) is 3.15. The van der Waals surface area contributed by atoms with Crippen molar-refractivity contribution in [3.63, 3.8) is 0 Å². The molecular formula is C22H24F2N6O. The maximum atomic E-state index is 13.5. The normalized spacial score (nSPS) is 17.6. The second-order valence-corrected chi connectivity index (χ2v) is 7.98. The van der Waals surface area contributed by atoms with Crippen LogP contribution < -0.4 is 10.2 Å². The summed E-state index contributed by atoms with van der Waals surface area (Å²) in [5.74, 6) is -0.964. The molecule has 3 heterocycles. The molecule has 31 heavy (non-hydrogen) atoms. The summed E-state index contributed by atoms with van der Waals surface area (Å²) in [6.45, 7) is 7.91. The van der Waals surface area contributed by atoms with Gasteiger partial charge in [0, 0.05) is 43.6 Å². The Kier molecular flexibility index (Phi) is 5.29. The van der Waals surface area contributed by atoms with Crippen LogP contribution in [-0.4, -0.2) is 65.1 Å². The maximum absolute atomic E-state index is 13.5. The largest absolute Gasteiger partial charge is 0.378 e. The number of anilines is 3. The van der Waals surface area contributed by atoms with Gasteiger partial charge >= 0.3 is 0 Å². The number of halogens is 2. The van der Waals surface area contributed by atoms with Crippen molar-refractivity contribution in [1.82, 2.24) is 19.7 Å². The van der Waals surface area contributed by atoms with Gasteiger partial charge in [-0.25, -0.2) is 13.5 Å².